The van der Waals surface area contributed by atoms with Gasteiger partial charge in [0.25, 0.3) is 5.91 Å². The Morgan fingerprint density at radius 1 is 1.12 bits per heavy atom. The highest BCUT2D eigenvalue weighted by Gasteiger charge is 2.23. The Morgan fingerprint density at radius 3 is 2.62 bits per heavy atom. The monoisotopic (exact) mass is 429 g/mol. The van der Waals surface area contributed by atoms with Gasteiger partial charge in [-0.05, 0) is 23.8 Å². The van der Waals surface area contributed by atoms with Crippen molar-refractivity contribution in [1.29, 1.82) is 5.26 Å². The summed E-state index contributed by atoms with van der Waals surface area (Å²) in [5.41, 5.74) is 2.78. The van der Waals surface area contributed by atoms with Gasteiger partial charge in [-0.1, -0.05) is 18.2 Å². The molecule has 1 N–H and O–H groups in total. The summed E-state index contributed by atoms with van der Waals surface area (Å²) in [6, 6.07) is 13.6. The van der Waals surface area contributed by atoms with E-state index in [2.05, 4.69) is 31.2 Å². The maximum Gasteiger partial charge on any atom is 0.258 e. The fourth-order valence-corrected chi connectivity index (χ4v) is 3.59. The summed E-state index contributed by atoms with van der Waals surface area (Å²) >= 11 is 0. The van der Waals surface area contributed by atoms with Crippen molar-refractivity contribution in [2.24, 2.45) is 0 Å². The lowest BCUT2D eigenvalue weighted by atomic mass is 10.1. The van der Waals surface area contributed by atoms with Gasteiger partial charge in [-0.25, -0.2) is 4.98 Å². The largest absolute Gasteiger partial charge is 0.480 e. The molecule has 0 atom stereocenters. The molecule has 1 aliphatic rings. The van der Waals surface area contributed by atoms with Crippen molar-refractivity contribution in [3.05, 3.63) is 71.7 Å². The number of anilines is 2. The maximum absolute atomic E-state index is 12.6. The van der Waals surface area contributed by atoms with E-state index in [4.69, 9.17) is 4.74 Å². The number of piperazine rings is 1. The molecule has 0 spiro atoms. The molecule has 1 aromatic carbocycles. The highest BCUT2D eigenvalue weighted by Crippen LogP contribution is 2.24. The number of benzene rings is 1. The van der Waals surface area contributed by atoms with Crippen LogP contribution < -0.4 is 19.9 Å². The van der Waals surface area contributed by atoms with Crippen LogP contribution in [0.25, 0.3) is 0 Å². The molecule has 3 heterocycles. The van der Waals surface area contributed by atoms with Gasteiger partial charge in [0.1, 0.15) is 11.6 Å². The minimum Gasteiger partial charge on any atom is -0.480 e. The molecular formula is C23H23N7O2. The molecule has 1 aliphatic heterocycles. The molecule has 0 bridgehead atoms. The summed E-state index contributed by atoms with van der Waals surface area (Å²) in [5, 5.41) is 12.2. The number of amides is 1. The fraction of sp³-hybridized carbons (Fsp3) is 0.261. The second kappa shape index (κ2) is 9.75. The minimum atomic E-state index is -0.310. The highest BCUT2D eigenvalue weighted by molar-refractivity contribution is 5.96. The van der Waals surface area contributed by atoms with E-state index >= 15 is 0 Å². The Hall–Kier alpha value is -4.19. The SMILES string of the molecule is COc1nc(N2CCN(c3ccccc3C#N)CC2)ncc1C(=O)NCc1cccnc1. The van der Waals surface area contributed by atoms with Crippen LogP contribution in [-0.2, 0) is 6.54 Å². The quantitative estimate of drug-likeness (QED) is 0.634. The second-order valence-corrected chi connectivity index (χ2v) is 7.24. The number of nitrogens with one attached hydrogen (secondary N) is 1. The third kappa shape index (κ3) is 4.59. The summed E-state index contributed by atoms with van der Waals surface area (Å²) in [5.74, 6) is 0.435. The molecule has 3 aromatic rings. The number of methoxy groups -OCH3 is 1. The Labute approximate surface area is 186 Å². The summed E-state index contributed by atoms with van der Waals surface area (Å²) in [7, 11) is 1.49. The first-order valence-electron chi connectivity index (χ1n) is 10.3. The number of nitriles is 1. The summed E-state index contributed by atoms with van der Waals surface area (Å²) in [6.07, 6.45) is 4.88. The van der Waals surface area contributed by atoms with Crippen LogP contribution in [0.4, 0.5) is 11.6 Å². The zero-order chi connectivity index (χ0) is 22.3. The highest BCUT2D eigenvalue weighted by atomic mass is 16.5. The van der Waals surface area contributed by atoms with Crippen LogP contribution in [0.5, 0.6) is 5.88 Å². The van der Waals surface area contributed by atoms with E-state index in [1.165, 1.54) is 13.3 Å². The number of pyridine rings is 1. The second-order valence-electron chi connectivity index (χ2n) is 7.24. The van der Waals surface area contributed by atoms with Crippen molar-refractivity contribution in [2.45, 2.75) is 6.54 Å². The van der Waals surface area contributed by atoms with E-state index in [1.807, 2.05) is 41.3 Å². The number of aromatic nitrogens is 3. The first-order chi connectivity index (χ1) is 15.7. The van der Waals surface area contributed by atoms with Crippen LogP contribution in [0.3, 0.4) is 0 Å². The Balaban J connectivity index is 1.42. The van der Waals surface area contributed by atoms with Gasteiger partial charge in [0, 0.05) is 51.3 Å². The molecule has 2 aromatic heterocycles. The molecule has 1 amide bonds. The predicted octanol–water partition coefficient (Wildman–Crippen LogP) is 2.01. The van der Waals surface area contributed by atoms with Gasteiger partial charge in [0.05, 0.1) is 18.4 Å². The number of hydrogen-bond donors (Lipinski definition) is 1. The van der Waals surface area contributed by atoms with Crippen molar-refractivity contribution in [3.63, 3.8) is 0 Å². The smallest absolute Gasteiger partial charge is 0.258 e. The standard InChI is InChI=1S/C23H23N7O2/c1-32-22-19(21(31)26-15-17-5-4-8-25-14-17)16-27-23(28-22)30-11-9-29(10-12-30)20-7-3-2-6-18(20)13-24/h2-8,14,16H,9-12,15H2,1H3,(H,26,31). The maximum atomic E-state index is 12.6. The van der Waals surface area contributed by atoms with Gasteiger partial charge in [0.15, 0.2) is 0 Å². The number of nitrogens with zero attached hydrogens (tertiary/aromatic N) is 6. The van der Waals surface area contributed by atoms with Crippen molar-refractivity contribution in [2.75, 3.05) is 43.1 Å². The normalized spacial score (nSPS) is 13.4. The lowest BCUT2D eigenvalue weighted by molar-refractivity contribution is 0.0946. The molecule has 0 unspecified atom stereocenters. The average molecular weight is 429 g/mol. The first kappa shape index (κ1) is 21.1. The van der Waals surface area contributed by atoms with Crippen molar-refractivity contribution in [3.8, 4) is 11.9 Å². The summed E-state index contributed by atoms with van der Waals surface area (Å²) in [4.78, 5) is 29.8. The summed E-state index contributed by atoms with van der Waals surface area (Å²) < 4.78 is 5.37. The number of para-hydroxylation sites is 1. The molecule has 0 aliphatic carbocycles. The molecule has 0 saturated carbocycles. The minimum absolute atomic E-state index is 0.232. The molecule has 32 heavy (non-hydrogen) atoms. The molecule has 4 rings (SSSR count). The van der Waals surface area contributed by atoms with Crippen LogP contribution in [0, 0.1) is 11.3 Å². The Bertz CT molecular complexity index is 1120. The summed E-state index contributed by atoms with van der Waals surface area (Å²) in [6.45, 7) is 3.20. The van der Waals surface area contributed by atoms with Crippen molar-refractivity contribution < 1.29 is 9.53 Å². The zero-order valence-corrected chi connectivity index (χ0v) is 17.7. The van der Waals surface area contributed by atoms with Crippen LogP contribution in [0.2, 0.25) is 0 Å². The lowest BCUT2D eigenvalue weighted by Gasteiger charge is -2.36. The first-order valence-corrected chi connectivity index (χ1v) is 10.3. The van der Waals surface area contributed by atoms with E-state index in [0.717, 1.165) is 24.3 Å². The van der Waals surface area contributed by atoms with E-state index in [9.17, 15) is 10.1 Å². The van der Waals surface area contributed by atoms with Gasteiger partial charge in [-0.15, -0.1) is 0 Å². The van der Waals surface area contributed by atoms with E-state index in [-0.39, 0.29) is 17.4 Å². The molecule has 1 saturated heterocycles. The Kier molecular flexibility index (Phi) is 6.41. The van der Waals surface area contributed by atoms with Gasteiger partial charge in [-0.2, -0.15) is 10.2 Å². The van der Waals surface area contributed by atoms with Gasteiger partial charge in [0.2, 0.25) is 11.8 Å². The van der Waals surface area contributed by atoms with Gasteiger partial charge >= 0.3 is 0 Å². The molecular weight excluding hydrogens is 406 g/mol. The van der Waals surface area contributed by atoms with Crippen LogP contribution in [0.15, 0.2) is 55.0 Å². The number of carbonyl (C=O) groups is 1. The van der Waals surface area contributed by atoms with Crippen molar-refractivity contribution >= 4 is 17.5 Å². The van der Waals surface area contributed by atoms with Crippen LogP contribution in [-0.4, -0.2) is 54.1 Å². The van der Waals surface area contributed by atoms with E-state index in [0.29, 0.717) is 31.1 Å². The average Bonchev–Trinajstić information content (AvgIpc) is 2.87. The van der Waals surface area contributed by atoms with Gasteiger partial charge < -0.3 is 19.9 Å². The topological polar surface area (TPSA) is 107 Å². The van der Waals surface area contributed by atoms with E-state index in [1.54, 1.807) is 12.4 Å². The molecule has 162 valence electrons. The third-order valence-electron chi connectivity index (χ3n) is 5.28. The predicted molar refractivity (Wildman–Crippen MR) is 120 cm³/mol. The van der Waals surface area contributed by atoms with Crippen LogP contribution >= 0.6 is 0 Å². The van der Waals surface area contributed by atoms with E-state index < -0.39 is 0 Å². The lowest BCUT2D eigenvalue weighted by Crippen LogP contribution is -2.47. The molecule has 1 fully saturated rings. The van der Waals surface area contributed by atoms with Crippen LogP contribution in [0.1, 0.15) is 21.5 Å². The number of ether oxygens (including phenoxy) is 1. The van der Waals surface area contributed by atoms with Gasteiger partial charge in [-0.3, -0.25) is 9.78 Å². The fourth-order valence-electron chi connectivity index (χ4n) is 3.59. The third-order valence-corrected chi connectivity index (χ3v) is 5.28. The number of carbonyl (C=O) groups excluding carboxylic acids is 1. The Morgan fingerprint density at radius 2 is 1.91 bits per heavy atom. The number of hydrogen-bond acceptors (Lipinski definition) is 8. The number of rotatable bonds is 6. The molecule has 9 nitrogen and oxygen atoms in total. The molecule has 0 radical (unpaired) electrons. The zero-order valence-electron chi connectivity index (χ0n) is 17.7. The molecule has 9 heteroatoms. The van der Waals surface area contributed by atoms with Crippen molar-refractivity contribution in [1.82, 2.24) is 20.3 Å².